The van der Waals surface area contributed by atoms with Crippen LogP contribution < -0.4 is 5.73 Å². The van der Waals surface area contributed by atoms with Gasteiger partial charge in [0.15, 0.2) is 0 Å². The Bertz CT molecular complexity index is 544. The monoisotopic (exact) mass is 286 g/mol. The Balaban J connectivity index is 1.89. The quantitative estimate of drug-likeness (QED) is 0.850. The molecule has 1 aromatic carbocycles. The molecular weight excluding hydrogens is 260 g/mol. The van der Waals surface area contributed by atoms with Crippen molar-refractivity contribution in [3.8, 4) is 0 Å². The first-order valence-electron chi connectivity index (χ1n) is 7.59. The fourth-order valence-corrected chi connectivity index (χ4v) is 2.59. The molecule has 21 heavy (non-hydrogen) atoms. The zero-order valence-corrected chi connectivity index (χ0v) is 13.3. The molecule has 1 atom stereocenters. The van der Waals surface area contributed by atoms with Gasteiger partial charge in [0, 0.05) is 37.9 Å². The second-order valence-corrected chi connectivity index (χ2v) is 5.82. The number of hydrogen-bond acceptors (Lipinski definition) is 3. The van der Waals surface area contributed by atoms with Crippen molar-refractivity contribution >= 4 is 0 Å². The number of hydrogen-bond donors (Lipinski definition) is 1. The zero-order chi connectivity index (χ0) is 15.2. The smallest absolute Gasteiger partial charge is 0.0534 e. The molecule has 114 valence electrons. The molecule has 1 aromatic heterocycles. The van der Waals surface area contributed by atoms with E-state index < -0.39 is 0 Å². The number of aryl methyl sites for hydroxylation is 2. The molecule has 0 bridgehead atoms. The van der Waals surface area contributed by atoms with Crippen LogP contribution in [0.15, 0.2) is 36.7 Å². The molecule has 0 radical (unpaired) electrons. The van der Waals surface area contributed by atoms with Crippen LogP contribution in [0.1, 0.15) is 36.1 Å². The van der Waals surface area contributed by atoms with Crippen LogP contribution in [0, 0.1) is 0 Å². The third-order valence-corrected chi connectivity index (χ3v) is 3.67. The van der Waals surface area contributed by atoms with E-state index in [1.54, 1.807) is 0 Å². The van der Waals surface area contributed by atoms with Gasteiger partial charge in [0.25, 0.3) is 0 Å². The molecule has 2 aromatic rings. The molecule has 2 rings (SSSR count). The van der Waals surface area contributed by atoms with Crippen molar-refractivity contribution in [3.63, 3.8) is 0 Å². The highest BCUT2D eigenvalue weighted by atomic mass is 15.2. The van der Waals surface area contributed by atoms with Crippen LogP contribution in [0.3, 0.4) is 0 Å². The van der Waals surface area contributed by atoms with Crippen LogP contribution in [0.25, 0.3) is 0 Å². The summed E-state index contributed by atoms with van der Waals surface area (Å²) in [6.45, 7) is 3.91. The highest BCUT2D eigenvalue weighted by molar-refractivity contribution is 5.25. The van der Waals surface area contributed by atoms with E-state index in [1.165, 1.54) is 23.1 Å². The van der Waals surface area contributed by atoms with Crippen molar-refractivity contribution in [3.05, 3.63) is 53.3 Å². The highest BCUT2D eigenvalue weighted by Gasteiger charge is 2.10. The Hall–Kier alpha value is -1.65. The van der Waals surface area contributed by atoms with E-state index in [4.69, 9.17) is 5.73 Å². The Kier molecular flexibility index (Phi) is 5.53. The summed E-state index contributed by atoms with van der Waals surface area (Å²) in [6.07, 6.45) is 6.26. The Labute approximate surface area is 127 Å². The largest absolute Gasteiger partial charge is 0.323 e. The van der Waals surface area contributed by atoms with Gasteiger partial charge >= 0.3 is 0 Å². The molecule has 0 aliphatic rings. The van der Waals surface area contributed by atoms with Crippen LogP contribution in [0.5, 0.6) is 0 Å². The van der Waals surface area contributed by atoms with Gasteiger partial charge in [-0.25, -0.2) is 0 Å². The van der Waals surface area contributed by atoms with Crippen LogP contribution in [0.4, 0.5) is 0 Å². The topological polar surface area (TPSA) is 47.1 Å². The van der Waals surface area contributed by atoms with Crippen LogP contribution in [-0.4, -0.2) is 28.3 Å². The summed E-state index contributed by atoms with van der Waals surface area (Å²) in [5.41, 5.74) is 10.1. The maximum Gasteiger partial charge on any atom is 0.0534 e. The summed E-state index contributed by atoms with van der Waals surface area (Å²) in [5.74, 6) is 0. The molecule has 4 heteroatoms. The van der Waals surface area contributed by atoms with Gasteiger partial charge in [0.1, 0.15) is 0 Å². The summed E-state index contributed by atoms with van der Waals surface area (Å²) in [6, 6.07) is 8.75. The van der Waals surface area contributed by atoms with Crippen molar-refractivity contribution in [1.82, 2.24) is 14.7 Å². The first kappa shape index (κ1) is 15.7. The third-order valence-electron chi connectivity index (χ3n) is 3.67. The van der Waals surface area contributed by atoms with E-state index in [2.05, 4.69) is 48.2 Å². The normalized spacial score (nSPS) is 12.8. The van der Waals surface area contributed by atoms with Crippen molar-refractivity contribution in [2.45, 2.75) is 32.4 Å². The molecule has 4 nitrogen and oxygen atoms in total. The van der Waals surface area contributed by atoms with Gasteiger partial charge in [-0.3, -0.25) is 4.68 Å². The van der Waals surface area contributed by atoms with Gasteiger partial charge in [0.05, 0.1) is 6.20 Å². The number of nitrogens with two attached hydrogens (primary N) is 1. The molecular formula is C17H26N4. The number of rotatable bonds is 7. The lowest BCUT2D eigenvalue weighted by Crippen LogP contribution is -2.28. The molecule has 2 N–H and O–H groups in total. The SMILES string of the molecule is CCCc1ccc(C(N)CN(C)Cc2cnn(C)c2)cc1. The number of likely N-dealkylation sites (N-methyl/N-ethyl adjacent to an activating group) is 1. The molecule has 0 amide bonds. The fourth-order valence-electron chi connectivity index (χ4n) is 2.59. The maximum atomic E-state index is 6.32. The number of aromatic nitrogens is 2. The molecule has 0 aliphatic carbocycles. The minimum atomic E-state index is 0.0438. The van der Waals surface area contributed by atoms with E-state index in [-0.39, 0.29) is 6.04 Å². The predicted molar refractivity (Wildman–Crippen MR) is 86.9 cm³/mol. The molecule has 0 aliphatic heterocycles. The van der Waals surface area contributed by atoms with Crippen LogP contribution in [0.2, 0.25) is 0 Å². The summed E-state index contributed by atoms with van der Waals surface area (Å²) in [4.78, 5) is 2.24. The summed E-state index contributed by atoms with van der Waals surface area (Å²) in [5, 5.41) is 4.19. The second-order valence-electron chi connectivity index (χ2n) is 5.82. The van der Waals surface area contributed by atoms with Crippen LogP contribution in [-0.2, 0) is 20.0 Å². The maximum absolute atomic E-state index is 6.32. The van der Waals surface area contributed by atoms with E-state index in [0.29, 0.717) is 0 Å². The third kappa shape index (κ3) is 4.69. The first-order chi connectivity index (χ1) is 10.1. The second kappa shape index (κ2) is 7.38. The van der Waals surface area contributed by atoms with E-state index >= 15 is 0 Å². The van der Waals surface area contributed by atoms with Crippen molar-refractivity contribution in [1.29, 1.82) is 0 Å². The lowest BCUT2D eigenvalue weighted by molar-refractivity contribution is 0.305. The van der Waals surface area contributed by atoms with E-state index in [1.807, 2.05) is 24.1 Å². The van der Waals surface area contributed by atoms with Gasteiger partial charge in [-0.15, -0.1) is 0 Å². The van der Waals surface area contributed by atoms with Gasteiger partial charge in [0.2, 0.25) is 0 Å². The highest BCUT2D eigenvalue weighted by Crippen LogP contribution is 2.14. The van der Waals surface area contributed by atoms with Crippen molar-refractivity contribution in [2.24, 2.45) is 12.8 Å². The average molecular weight is 286 g/mol. The number of nitrogens with zero attached hydrogens (tertiary/aromatic N) is 3. The molecule has 0 fully saturated rings. The first-order valence-corrected chi connectivity index (χ1v) is 7.59. The lowest BCUT2D eigenvalue weighted by Gasteiger charge is -2.21. The van der Waals surface area contributed by atoms with Crippen molar-refractivity contribution in [2.75, 3.05) is 13.6 Å². The number of benzene rings is 1. The molecule has 0 saturated heterocycles. The minimum absolute atomic E-state index is 0.0438. The van der Waals surface area contributed by atoms with E-state index in [9.17, 15) is 0 Å². The van der Waals surface area contributed by atoms with Gasteiger partial charge < -0.3 is 10.6 Å². The summed E-state index contributed by atoms with van der Waals surface area (Å²) >= 11 is 0. The molecule has 0 spiro atoms. The lowest BCUT2D eigenvalue weighted by atomic mass is 10.0. The molecule has 1 heterocycles. The summed E-state index contributed by atoms with van der Waals surface area (Å²) in [7, 11) is 4.03. The molecule has 0 saturated carbocycles. The zero-order valence-electron chi connectivity index (χ0n) is 13.3. The molecule has 1 unspecified atom stereocenters. The summed E-state index contributed by atoms with van der Waals surface area (Å²) < 4.78 is 1.83. The van der Waals surface area contributed by atoms with Gasteiger partial charge in [-0.2, -0.15) is 5.10 Å². The minimum Gasteiger partial charge on any atom is -0.323 e. The Morgan fingerprint density at radius 1 is 1.24 bits per heavy atom. The van der Waals surface area contributed by atoms with Gasteiger partial charge in [-0.1, -0.05) is 37.6 Å². The Morgan fingerprint density at radius 2 is 1.95 bits per heavy atom. The van der Waals surface area contributed by atoms with Gasteiger partial charge in [-0.05, 0) is 24.6 Å². The van der Waals surface area contributed by atoms with Crippen molar-refractivity contribution < 1.29 is 0 Å². The Morgan fingerprint density at radius 3 is 2.52 bits per heavy atom. The standard InChI is InChI=1S/C17H26N4/c1-4-5-14-6-8-16(9-7-14)17(18)13-20(2)11-15-10-19-21(3)12-15/h6-10,12,17H,4-5,11,13,18H2,1-3H3. The fraction of sp³-hybridized carbons (Fsp3) is 0.471. The average Bonchev–Trinajstić information content (AvgIpc) is 2.85. The van der Waals surface area contributed by atoms with E-state index in [0.717, 1.165) is 19.5 Å². The van der Waals surface area contributed by atoms with Crippen LogP contribution >= 0.6 is 0 Å². The predicted octanol–water partition coefficient (Wildman–Crippen LogP) is 2.50.